The molecule has 1 aliphatic carbocycles. The van der Waals surface area contributed by atoms with Crippen molar-refractivity contribution in [2.75, 3.05) is 0 Å². The van der Waals surface area contributed by atoms with Crippen LogP contribution in [0, 0.1) is 6.92 Å². The van der Waals surface area contributed by atoms with E-state index in [0.717, 1.165) is 0 Å². The van der Waals surface area contributed by atoms with Crippen molar-refractivity contribution in [1.29, 1.82) is 0 Å². The maximum Gasteiger partial charge on any atom is 0.0713 e. The predicted octanol–water partition coefficient (Wildman–Crippen LogP) is 7.38. The quantitative estimate of drug-likeness (QED) is 0.307. The molecular formula is C28H26. The van der Waals surface area contributed by atoms with Crippen LogP contribution in [0.1, 0.15) is 41.7 Å². The first kappa shape index (κ1) is 18.3. The lowest BCUT2D eigenvalue weighted by Crippen LogP contribution is -2.28. The highest BCUT2D eigenvalue weighted by atomic mass is 14.5. The smallest absolute Gasteiger partial charge is 0.0683 e. The molecule has 0 unspecified atom stereocenters. The van der Waals surface area contributed by atoms with E-state index in [1.165, 1.54) is 38.9 Å². The molecular weight excluding hydrogens is 336 g/mol. The second-order valence-electron chi connectivity index (χ2n) is 7.08. The third kappa shape index (κ3) is 2.60. The highest BCUT2D eigenvalue weighted by Crippen LogP contribution is 2.55. The summed E-state index contributed by atoms with van der Waals surface area (Å²) in [5, 5.41) is 0. The monoisotopic (exact) mass is 362 g/mol. The van der Waals surface area contributed by atoms with Gasteiger partial charge in [0.05, 0.1) is 5.41 Å². The van der Waals surface area contributed by atoms with Gasteiger partial charge in [-0.05, 0) is 40.3 Å². The van der Waals surface area contributed by atoms with Gasteiger partial charge in [0.25, 0.3) is 0 Å². The van der Waals surface area contributed by atoms with Gasteiger partial charge in [0.1, 0.15) is 0 Å². The van der Waals surface area contributed by atoms with E-state index in [1.807, 2.05) is 13.8 Å². The van der Waals surface area contributed by atoms with Crippen LogP contribution in [-0.4, -0.2) is 0 Å². The molecule has 0 heteroatoms. The SMILES string of the molecule is CC.Cc1cccc(C2(c3ccccc3)c3ccccc3-c3ccccc32)c1. The molecule has 0 saturated heterocycles. The number of hydrogen-bond acceptors (Lipinski definition) is 0. The van der Waals surface area contributed by atoms with Crippen molar-refractivity contribution >= 4 is 0 Å². The Morgan fingerprint density at radius 3 is 1.57 bits per heavy atom. The van der Waals surface area contributed by atoms with E-state index in [4.69, 9.17) is 0 Å². The zero-order valence-electron chi connectivity index (χ0n) is 16.8. The van der Waals surface area contributed by atoms with Crippen molar-refractivity contribution in [2.45, 2.75) is 26.2 Å². The summed E-state index contributed by atoms with van der Waals surface area (Å²) in [5.74, 6) is 0. The molecule has 5 rings (SSSR count). The summed E-state index contributed by atoms with van der Waals surface area (Å²) in [6.45, 7) is 6.18. The number of benzene rings is 4. The molecule has 0 saturated carbocycles. The minimum Gasteiger partial charge on any atom is -0.0683 e. The lowest BCUT2D eigenvalue weighted by atomic mass is 9.67. The fourth-order valence-electron chi connectivity index (χ4n) is 4.59. The summed E-state index contributed by atoms with van der Waals surface area (Å²) in [4.78, 5) is 0. The van der Waals surface area contributed by atoms with Gasteiger partial charge in [0.15, 0.2) is 0 Å². The Morgan fingerprint density at radius 2 is 1.00 bits per heavy atom. The van der Waals surface area contributed by atoms with Gasteiger partial charge in [-0.1, -0.05) is 123 Å². The van der Waals surface area contributed by atoms with E-state index in [0.29, 0.717) is 0 Å². The Kier molecular flexibility index (Phi) is 4.88. The molecule has 4 aromatic rings. The van der Waals surface area contributed by atoms with Crippen molar-refractivity contribution in [3.05, 3.63) is 131 Å². The second kappa shape index (κ2) is 7.48. The van der Waals surface area contributed by atoms with Gasteiger partial charge in [-0.15, -0.1) is 0 Å². The van der Waals surface area contributed by atoms with Gasteiger partial charge in [0, 0.05) is 0 Å². The zero-order valence-corrected chi connectivity index (χ0v) is 16.8. The van der Waals surface area contributed by atoms with Crippen molar-refractivity contribution in [3.8, 4) is 11.1 Å². The molecule has 0 N–H and O–H groups in total. The summed E-state index contributed by atoms with van der Waals surface area (Å²) in [5.41, 5.74) is 9.11. The maximum absolute atomic E-state index is 2.34. The van der Waals surface area contributed by atoms with E-state index in [2.05, 4.69) is 110 Å². The highest BCUT2D eigenvalue weighted by molar-refractivity contribution is 5.86. The topological polar surface area (TPSA) is 0 Å². The number of fused-ring (bicyclic) bond motifs is 3. The normalized spacial score (nSPS) is 13.1. The maximum atomic E-state index is 2.34. The van der Waals surface area contributed by atoms with Crippen LogP contribution in [0.25, 0.3) is 11.1 Å². The molecule has 0 aromatic heterocycles. The van der Waals surface area contributed by atoms with Gasteiger partial charge < -0.3 is 0 Å². The van der Waals surface area contributed by atoms with Gasteiger partial charge in [-0.2, -0.15) is 0 Å². The van der Waals surface area contributed by atoms with E-state index in [9.17, 15) is 0 Å². The molecule has 28 heavy (non-hydrogen) atoms. The van der Waals surface area contributed by atoms with Gasteiger partial charge in [-0.3, -0.25) is 0 Å². The molecule has 0 fully saturated rings. The number of rotatable bonds is 2. The van der Waals surface area contributed by atoms with Crippen molar-refractivity contribution in [3.63, 3.8) is 0 Å². The molecule has 0 bridgehead atoms. The molecule has 0 nitrogen and oxygen atoms in total. The standard InChI is InChI=1S/C26H20.C2H6/c1-19-10-9-13-21(18-19)26(20-11-3-2-4-12-20)24-16-7-5-14-22(24)23-15-6-8-17-25(23)26;1-2/h2-18H,1H3;1-2H3. The van der Waals surface area contributed by atoms with Crippen LogP contribution in [0.2, 0.25) is 0 Å². The lowest BCUT2D eigenvalue weighted by molar-refractivity contribution is 0.767. The molecule has 138 valence electrons. The average Bonchev–Trinajstić information content (AvgIpc) is 3.07. The second-order valence-corrected chi connectivity index (χ2v) is 7.08. The third-order valence-electron chi connectivity index (χ3n) is 5.61. The highest BCUT2D eigenvalue weighted by Gasteiger charge is 2.45. The number of aryl methyl sites for hydroxylation is 1. The fraction of sp³-hybridized carbons (Fsp3) is 0.143. The van der Waals surface area contributed by atoms with Crippen LogP contribution < -0.4 is 0 Å². The van der Waals surface area contributed by atoms with Crippen LogP contribution in [0.3, 0.4) is 0 Å². The Balaban J connectivity index is 0.000000932. The minimum absolute atomic E-state index is 0.263. The third-order valence-corrected chi connectivity index (χ3v) is 5.61. The largest absolute Gasteiger partial charge is 0.0713 e. The summed E-state index contributed by atoms with van der Waals surface area (Å²) >= 11 is 0. The molecule has 0 atom stereocenters. The summed E-state index contributed by atoms with van der Waals surface area (Å²) < 4.78 is 0. The molecule has 0 aliphatic heterocycles. The van der Waals surface area contributed by atoms with Crippen LogP contribution in [0.15, 0.2) is 103 Å². The van der Waals surface area contributed by atoms with Crippen molar-refractivity contribution < 1.29 is 0 Å². The van der Waals surface area contributed by atoms with Gasteiger partial charge in [0.2, 0.25) is 0 Å². The molecule has 4 aromatic carbocycles. The zero-order chi connectivity index (χ0) is 19.6. The van der Waals surface area contributed by atoms with Crippen LogP contribution in [0.5, 0.6) is 0 Å². The van der Waals surface area contributed by atoms with E-state index < -0.39 is 0 Å². The van der Waals surface area contributed by atoms with Crippen molar-refractivity contribution in [1.82, 2.24) is 0 Å². The van der Waals surface area contributed by atoms with Crippen LogP contribution >= 0.6 is 0 Å². The van der Waals surface area contributed by atoms with Gasteiger partial charge >= 0.3 is 0 Å². The first-order valence-electron chi connectivity index (χ1n) is 10.1. The summed E-state index contributed by atoms with van der Waals surface area (Å²) in [6, 6.07) is 37.6. The first-order chi connectivity index (χ1) is 13.8. The molecule has 0 spiro atoms. The van der Waals surface area contributed by atoms with Crippen LogP contribution in [-0.2, 0) is 5.41 Å². The molecule has 0 amide bonds. The van der Waals surface area contributed by atoms with Crippen LogP contribution in [0.4, 0.5) is 0 Å². The van der Waals surface area contributed by atoms with Crippen molar-refractivity contribution in [2.24, 2.45) is 0 Å². The van der Waals surface area contributed by atoms with E-state index in [-0.39, 0.29) is 5.41 Å². The molecule has 0 radical (unpaired) electrons. The Morgan fingerprint density at radius 1 is 0.500 bits per heavy atom. The van der Waals surface area contributed by atoms with E-state index >= 15 is 0 Å². The summed E-state index contributed by atoms with van der Waals surface area (Å²) in [6.07, 6.45) is 0. The summed E-state index contributed by atoms with van der Waals surface area (Å²) in [7, 11) is 0. The minimum atomic E-state index is -0.263. The molecule has 1 aliphatic rings. The Bertz CT molecular complexity index is 1040. The van der Waals surface area contributed by atoms with E-state index in [1.54, 1.807) is 0 Å². The predicted molar refractivity (Wildman–Crippen MR) is 120 cm³/mol. The lowest BCUT2D eigenvalue weighted by Gasteiger charge is -2.34. The number of hydrogen-bond donors (Lipinski definition) is 0. The average molecular weight is 363 g/mol. The molecule has 0 heterocycles. The van der Waals surface area contributed by atoms with Gasteiger partial charge in [-0.25, -0.2) is 0 Å². The Hall–Kier alpha value is -3.12. The Labute approximate surface area is 168 Å². The first-order valence-corrected chi connectivity index (χ1v) is 10.1. The fourth-order valence-corrected chi connectivity index (χ4v) is 4.59.